The van der Waals surface area contributed by atoms with Crippen molar-refractivity contribution in [1.82, 2.24) is 14.7 Å². The highest BCUT2D eigenvalue weighted by molar-refractivity contribution is 7.09. The van der Waals surface area contributed by atoms with Gasteiger partial charge in [0.2, 0.25) is 0 Å². The average molecular weight is 463 g/mol. The molecule has 0 N–H and O–H groups in total. The van der Waals surface area contributed by atoms with Crippen molar-refractivity contribution >= 4 is 23.2 Å². The number of rotatable bonds is 7. The molecule has 1 fully saturated rings. The lowest BCUT2D eigenvalue weighted by atomic mass is 10.1. The van der Waals surface area contributed by atoms with E-state index in [1.54, 1.807) is 16.2 Å². The Labute approximate surface area is 186 Å². The van der Waals surface area contributed by atoms with Crippen molar-refractivity contribution in [1.29, 1.82) is 0 Å². The monoisotopic (exact) mass is 463 g/mol. The van der Waals surface area contributed by atoms with Crippen molar-refractivity contribution in [2.75, 3.05) is 6.61 Å². The van der Waals surface area contributed by atoms with Crippen LogP contribution in [0.5, 0.6) is 0 Å². The number of halogens is 3. The first kappa shape index (κ1) is 22.1. The van der Waals surface area contributed by atoms with Crippen LogP contribution in [0.25, 0.3) is 5.69 Å². The Bertz CT molecular complexity index is 1100. The molecule has 0 atom stereocenters. The van der Waals surface area contributed by atoms with Crippen LogP contribution in [0.15, 0.2) is 48.0 Å². The number of carbonyl (C=O) groups excluding carboxylic acids is 2. The number of ether oxygens (including phenoxy) is 1. The maximum atomic E-state index is 13.7. The minimum Gasteiger partial charge on any atom is -0.462 e. The summed E-state index contributed by atoms with van der Waals surface area (Å²) in [6.07, 6.45) is -2.10. The zero-order valence-electron chi connectivity index (χ0n) is 17.1. The number of alkyl halides is 3. The second kappa shape index (κ2) is 8.78. The number of esters is 1. The normalized spacial score (nSPS) is 13.8. The summed E-state index contributed by atoms with van der Waals surface area (Å²) in [4.78, 5) is 27.9. The maximum absolute atomic E-state index is 13.7. The van der Waals surface area contributed by atoms with Gasteiger partial charge in [-0.2, -0.15) is 18.3 Å². The summed E-state index contributed by atoms with van der Waals surface area (Å²) in [7, 11) is 0. The van der Waals surface area contributed by atoms with Crippen molar-refractivity contribution in [3.8, 4) is 5.69 Å². The van der Waals surface area contributed by atoms with Crippen molar-refractivity contribution in [2.45, 2.75) is 38.5 Å². The second-order valence-corrected chi connectivity index (χ2v) is 8.36. The minimum atomic E-state index is -4.82. The van der Waals surface area contributed by atoms with E-state index in [9.17, 15) is 22.8 Å². The van der Waals surface area contributed by atoms with E-state index in [0.29, 0.717) is 16.8 Å². The molecule has 32 heavy (non-hydrogen) atoms. The summed E-state index contributed by atoms with van der Waals surface area (Å²) < 4.78 is 46.4. The second-order valence-electron chi connectivity index (χ2n) is 7.33. The molecule has 0 saturated heterocycles. The van der Waals surface area contributed by atoms with Gasteiger partial charge in [-0.1, -0.05) is 6.07 Å². The molecule has 168 valence electrons. The van der Waals surface area contributed by atoms with Gasteiger partial charge < -0.3 is 9.64 Å². The summed E-state index contributed by atoms with van der Waals surface area (Å²) in [6, 6.07) is 9.81. The summed E-state index contributed by atoms with van der Waals surface area (Å²) in [5, 5.41) is 5.71. The summed E-state index contributed by atoms with van der Waals surface area (Å²) in [5.74, 6) is -1.26. The number of nitrogens with zero attached hydrogens (tertiary/aromatic N) is 3. The van der Waals surface area contributed by atoms with Gasteiger partial charge in [-0.25, -0.2) is 9.48 Å². The van der Waals surface area contributed by atoms with Crippen LogP contribution in [-0.2, 0) is 17.5 Å². The van der Waals surface area contributed by atoms with Crippen molar-refractivity contribution in [2.24, 2.45) is 0 Å². The van der Waals surface area contributed by atoms with Gasteiger partial charge in [-0.3, -0.25) is 4.79 Å². The van der Waals surface area contributed by atoms with Crippen molar-refractivity contribution < 1.29 is 27.5 Å². The fourth-order valence-electron chi connectivity index (χ4n) is 3.41. The third-order valence-corrected chi connectivity index (χ3v) is 5.91. The fraction of sp³-hybridized carbons (Fsp3) is 0.318. The van der Waals surface area contributed by atoms with Crippen LogP contribution in [-0.4, -0.2) is 39.2 Å². The highest BCUT2D eigenvalue weighted by Gasteiger charge is 2.41. The van der Waals surface area contributed by atoms with Crippen LogP contribution in [0.2, 0.25) is 0 Å². The first-order valence-corrected chi connectivity index (χ1v) is 10.9. The largest absolute Gasteiger partial charge is 0.462 e. The number of hydrogen-bond acceptors (Lipinski definition) is 5. The van der Waals surface area contributed by atoms with Crippen LogP contribution < -0.4 is 0 Å². The molecule has 1 aromatic carbocycles. The molecule has 3 aromatic rings. The number of aromatic nitrogens is 2. The van der Waals surface area contributed by atoms with Gasteiger partial charge >= 0.3 is 12.1 Å². The third-order valence-electron chi connectivity index (χ3n) is 5.05. The lowest BCUT2D eigenvalue weighted by molar-refractivity contribution is -0.143. The Kier molecular flexibility index (Phi) is 6.05. The Morgan fingerprint density at radius 3 is 2.50 bits per heavy atom. The Morgan fingerprint density at radius 1 is 1.22 bits per heavy atom. The molecule has 0 spiro atoms. The average Bonchev–Trinajstić information content (AvgIpc) is 3.27. The van der Waals surface area contributed by atoms with Gasteiger partial charge in [-0.05, 0) is 55.5 Å². The minimum absolute atomic E-state index is 0.0545. The fourth-order valence-corrected chi connectivity index (χ4v) is 4.11. The summed E-state index contributed by atoms with van der Waals surface area (Å²) in [5.41, 5.74) is -1.41. The molecular weight excluding hydrogens is 443 g/mol. The molecule has 2 heterocycles. The van der Waals surface area contributed by atoms with E-state index in [0.717, 1.165) is 23.9 Å². The van der Waals surface area contributed by atoms with Crippen molar-refractivity contribution in [3.63, 3.8) is 0 Å². The predicted octanol–water partition coefficient (Wildman–Crippen LogP) is 4.93. The zero-order chi connectivity index (χ0) is 22.9. The highest BCUT2D eigenvalue weighted by Crippen LogP contribution is 2.34. The van der Waals surface area contributed by atoms with Gasteiger partial charge in [0.05, 0.1) is 25.0 Å². The maximum Gasteiger partial charge on any atom is 0.434 e. The SMILES string of the molecule is CCOC(=O)c1cnn(-c2ccc(C(=O)N(Cc3cccs3)C3CC3)cc2)c1C(F)(F)F. The Balaban J connectivity index is 1.61. The van der Waals surface area contributed by atoms with Gasteiger partial charge in [-0.15, -0.1) is 11.3 Å². The molecule has 6 nitrogen and oxygen atoms in total. The summed E-state index contributed by atoms with van der Waals surface area (Å²) in [6.45, 7) is 1.96. The van der Waals surface area contributed by atoms with Crippen LogP contribution in [0, 0.1) is 0 Å². The van der Waals surface area contributed by atoms with Crippen LogP contribution in [0.4, 0.5) is 13.2 Å². The number of amides is 1. The topological polar surface area (TPSA) is 64.4 Å². The molecule has 1 aliphatic rings. The molecule has 0 bridgehead atoms. The smallest absolute Gasteiger partial charge is 0.434 e. The van der Waals surface area contributed by atoms with E-state index in [2.05, 4.69) is 5.10 Å². The van der Waals surface area contributed by atoms with Crippen LogP contribution in [0.3, 0.4) is 0 Å². The van der Waals surface area contributed by atoms with E-state index in [1.807, 2.05) is 17.5 Å². The quantitative estimate of drug-likeness (QED) is 0.466. The zero-order valence-corrected chi connectivity index (χ0v) is 17.9. The molecule has 0 radical (unpaired) electrons. The third kappa shape index (κ3) is 4.55. The molecule has 1 saturated carbocycles. The predicted molar refractivity (Wildman–Crippen MR) is 112 cm³/mol. The lowest BCUT2D eigenvalue weighted by Gasteiger charge is -2.22. The molecule has 0 unspecified atom stereocenters. The van der Waals surface area contributed by atoms with Crippen molar-refractivity contribution in [3.05, 3.63) is 69.7 Å². The molecule has 2 aromatic heterocycles. The molecule has 1 amide bonds. The van der Waals surface area contributed by atoms with E-state index in [1.165, 1.54) is 31.2 Å². The first-order chi connectivity index (χ1) is 15.3. The Morgan fingerprint density at radius 2 is 1.94 bits per heavy atom. The van der Waals surface area contributed by atoms with E-state index in [4.69, 9.17) is 4.74 Å². The van der Waals surface area contributed by atoms with Gasteiger partial charge in [0.25, 0.3) is 5.91 Å². The molecule has 4 rings (SSSR count). The molecule has 0 aliphatic heterocycles. The highest BCUT2D eigenvalue weighted by atomic mass is 32.1. The van der Waals surface area contributed by atoms with Gasteiger partial charge in [0, 0.05) is 16.5 Å². The first-order valence-electron chi connectivity index (χ1n) is 10.1. The Hall–Kier alpha value is -3.14. The van der Waals surface area contributed by atoms with Crippen LogP contribution >= 0.6 is 11.3 Å². The summed E-state index contributed by atoms with van der Waals surface area (Å²) >= 11 is 1.57. The lowest BCUT2D eigenvalue weighted by Crippen LogP contribution is -2.32. The standard InChI is InChI=1S/C22H20F3N3O3S/c1-2-31-21(30)18-12-26-28(19(18)22(23,24)25)16-7-5-14(6-8-16)20(29)27(15-9-10-15)13-17-4-3-11-32-17/h3-8,11-12,15H,2,9-10,13H2,1H3. The number of carbonyl (C=O) groups is 2. The van der Waals surface area contributed by atoms with E-state index < -0.39 is 23.4 Å². The molecule has 10 heteroatoms. The van der Waals surface area contributed by atoms with Gasteiger partial charge in [0.15, 0.2) is 5.69 Å². The molecular formula is C22H20F3N3O3S. The van der Waals surface area contributed by atoms with Gasteiger partial charge in [0.1, 0.15) is 5.56 Å². The van der Waals surface area contributed by atoms with Crippen LogP contribution in [0.1, 0.15) is 51.1 Å². The van der Waals surface area contributed by atoms with E-state index >= 15 is 0 Å². The van der Waals surface area contributed by atoms with E-state index in [-0.39, 0.29) is 24.2 Å². The number of hydrogen-bond donors (Lipinski definition) is 0. The number of thiophene rings is 1. The number of benzene rings is 1. The molecule has 1 aliphatic carbocycles.